The first-order valence-corrected chi connectivity index (χ1v) is 10.1. The number of methoxy groups -OCH3 is 1. The van der Waals surface area contributed by atoms with Crippen LogP contribution in [-0.4, -0.2) is 42.4 Å². The first kappa shape index (κ1) is 19.4. The number of pyridine rings is 1. The van der Waals surface area contributed by atoms with Crippen molar-refractivity contribution in [2.45, 2.75) is 41.9 Å². The number of aromatic nitrogens is 1. The topological polar surface area (TPSA) is 73.6 Å². The summed E-state index contributed by atoms with van der Waals surface area (Å²) >= 11 is 1.51. The van der Waals surface area contributed by atoms with E-state index in [1.807, 2.05) is 36.4 Å². The highest BCUT2D eigenvalue weighted by Crippen LogP contribution is 2.42. The van der Waals surface area contributed by atoms with Gasteiger partial charge in [-0.2, -0.15) is 5.26 Å². The van der Waals surface area contributed by atoms with Gasteiger partial charge in [0.15, 0.2) is 6.29 Å². The number of hydrogen-bond acceptors (Lipinski definition) is 7. The van der Waals surface area contributed by atoms with Crippen molar-refractivity contribution in [3.63, 3.8) is 0 Å². The minimum absolute atomic E-state index is 0.114. The van der Waals surface area contributed by atoms with Crippen LogP contribution >= 0.6 is 11.8 Å². The van der Waals surface area contributed by atoms with E-state index in [1.165, 1.54) is 11.8 Å². The number of nitrogens with zero attached hydrogens (tertiary/aromatic N) is 2. The molecular weight excluding hydrogens is 376 g/mol. The van der Waals surface area contributed by atoms with E-state index in [0.29, 0.717) is 12.2 Å². The van der Waals surface area contributed by atoms with Gasteiger partial charge in [0, 0.05) is 35.9 Å². The van der Waals surface area contributed by atoms with Gasteiger partial charge in [-0.1, -0.05) is 49.0 Å². The van der Waals surface area contributed by atoms with Crippen molar-refractivity contribution in [3.8, 4) is 6.07 Å². The third-order valence-electron chi connectivity index (χ3n) is 5.11. The lowest BCUT2D eigenvalue weighted by molar-refractivity contribution is -0.309. The van der Waals surface area contributed by atoms with Crippen molar-refractivity contribution < 1.29 is 18.9 Å². The fourth-order valence-electron chi connectivity index (χ4n) is 3.69. The van der Waals surface area contributed by atoms with Crippen LogP contribution in [0.15, 0.2) is 53.7 Å². The molecule has 1 aromatic carbocycles. The van der Waals surface area contributed by atoms with Crippen molar-refractivity contribution in [2.75, 3.05) is 13.7 Å². The molecule has 0 aliphatic carbocycles. The zero-order valence-electron chi connectivity index (χ0n) is 15.7. The third-order valence-corrected chi connectivity index (χ3v) is 6.22. The summed E-state index contributed by atoms with van der Waals surface area (Å²) in [6, 6.07) is 13.9. The van der Waals surface area contributed by atoms with Crippen LogP contribution in [0.5, 0.6) is 0 Å². The largest absolute Gasteiger partial charge is 0.377 e. The fourth-order valence-corrected chi connectivity index (χ4v) is 4.97. The predicted octanol–water partition coefficient (Wildman–Crippen LogP) is 3.54. The lowest BCUT2D eigenvalue weighted by Crippen LogP contribution is -2.57. The van der Waals surface area contributed by atoms with E-state index < -0.39 is 6.29 Å². The second-order valence-corrected chi connectivity index (χ2v) is 8.09. The van der Waals surface area contributed by atoms with E-state index in [0.717, 1.165) is 10.5 Å². The Morgan fingerprint density at radius 1 is 1.21 bits per heavy atom. The Bertz CT molecular complexity index is 844. The number of benzene rings is 1. The number of thioether (sulfide) groups is 1. The van der Waals surface area contributed by atoms with E-state index >= 15 is 0 Å². The van der Waals surface area contributed by atoms with Crippen LogP contribution in [-0.2, 0) is 18.9 Å². The molecule has 146 valence electrons. The predicted molar refractivity (Wildman–Crippen MR) is 103 cm³/mol. The molecule has 0 amide bonds. The quantitative estimate of drug-likeness (QED) is 0.780. The van der Waals surface area contributed by atoms with Gasteiger partial charge < -0.3 is 18.9 Å². The summed E-state index contributed by atoms with van der Waals surface area (Å²) in [5.41, 5.74) is 1.28. The highest BCUT2D eigenvalue weighted by atomic mass is 32.2. The smallest absolute Gasteiger partial charge is 0.184 e. The van der Waals surface area contributed by atoms with Crippen molar-refractivity contribution in [3.05, 3.63) is 59.9 Å². The van der Waals surface area contributed by atoms with Gasteiger partial charge in [-0.25, -0.2) is 0 Å². The minimum atomic E-state index is -0.397. The maximum absolute atomic E-state index is 9.09. The zero-order valence-corrected chi connectivity index (χ0v) is 16.5. The first-order chi connectivity index (χ1) is 13.7. The van der Waals surface area contributed by atoms with E-state index in [2.05, 4.69) is 18.0 Å². The summed E-state index contributed by atoms with van der Waals surface area (Å²) < 4.78 is 24.3. The normalized spacial score (nSPS) is 32.3. The monoisotopic (exact) mass is 398 g/mol. The molecule has 2 aliphatic rings. The van der Waals surface area contributed by atoms with Gasteiger partial charge in [0.25, 0.3) is 0 Å². The molecule has 28 heavy (non-hydrogen) atoms. The van der Waals surface area contributed by atoms with Crippen LogP contribution in [0.25, 0.3) is 0 Å². The summed E-state index contributed by atoms with van der Waals surface area (Å²) in [4.78, 5) is 5.00. The lowest BCUT2D eigenvalue weighted by atomic mass is 9.90. The Hall–Kier alpha value is -1.95. The highest BCUT2D eigenvalue weighted by Gasteiger charge is 2.48. The summed E-state index contributed by atoms with van der Waals surface area (Å²) in [5, 5.41) is 9.09. The van der Waals surface area contributed by atoms with Gasteiger partial charge in [0.2, 0.25) is 0 Å². The number of nitriles is 1. The average molecular weight is 398 g/mol. The number of fused-ring (bicyclic) bond motifs is 1. The van der Waals surface area contributed by atoms with Crippen molar-refractivity contribution in [2.24, 2.45) is 5.92 Å². The molecule has 4 rings (SSSR count). The molecule has 6 nitrogen and oxygen atoms in total. The van der Waals surface area contributed by atoms with Crippen LogP contribution in [0.4, 0.5) is 0 Å². The van der Waals surface area contributed by atoms with Gasteiger partial charge >= 0.3 is 0 Å². The molecule has 7 heteroatoms. The highest BCUT2D eigenvalue weighted by molar-refractivity contribution is 7.99. The van der Waals surface area contributed by atoms with Crippen LogP contribution < -0.4 is 0 Å². The molecule has 0 saturated carbocycles. The third kappa shape index (κ3) is 3.93. The van der Waals surface area contributed by atoms with Crippen LogP contribution in [0.3, 0.4) is 0 Å². The van der Waals surface area contributed by atoms with Gasteiger partial charge in [-0.05, 0) is 6.07 Å². The van der Waals surface area contributed by atoms with E-state index in [4.69, 9.17) is 24.2 Å². The van der Waals surface area contributed by atoms with Gasteiger partial charge in [0.05, 0.1) is 24.4 Å². The first-order valence-electron chi connectivity index (χ1n) is 9.21. The molecule has 6 atom stereocenters. The molecule has 0 radical (unpaired) electrons. The second kappa shape index (κ2) is 8.60. The zero-order chi connectivity index (χ0) is 19.5. The Morgan fingerprint density at radius 2 is 2.04 bits per heavy atom. The van der Waals surface area contributed by atoms with E-state index in [9.17, 15) is 0 Å². The molecule has 4 unspecified atom stereocenters. The maximum Gasteiger partial charge on any atom is 0.184 e. The molecule has 2 aromatic rings. The molecule has 2 saturated heterocycles. The Labute approximate surface area is 168 Å². The van der Waals surface area contributed by atoms with Crippen molar-refractivity contribution in [1.82, 2.24) is 4.98 Å². The van der Waals surface area contributed by atoms with Crippen LogP contribution in [0, 0.1) is 17.2 Å². The number of ether oxygens (including phenoxy) is 4. The van der Waals surface area contributed by atoms with Crippen LogP contribution in [0.1, 0.15) is 24.3 Å². The summed E-state index contributed by atoms with van der Waals surface area (Å²) in [6.45, 7) is 2.58. The van der Waals surface area contributed by atoms with E-state index in [-0.39, 0.29) is 29.7 Å². The maximum atomic E-state index is 9.09. The molecule has 0 N–H and O–H groups in total. The van der Waals surface area contributed by atoms with E-state index in [1.54, 1.807) is 19.5 Å². The molecule has 3 heterocycles. The van der Waals surface area contributed by atoms with Crippen molar-refractivity contribution in [1.29, 1.82) is 5.26 Å². The molecule has 0 bridgehead atoms. The summed E-state index contributed by atoms with van der Waals surface area (Å²) in [7, 11) is 1.69. The molecule has 0 spiro atoms. The molecule has 1 aromatic heterocycles. The number of hydrogen-bond donors (Lipinski definition) is 0. The van der Waals surface area contributed by atoms with Crippen molar-refractivity contribution >= 4 is 11.8 Å². The SMILES string of the molecule is COC1C(C)[C@H]2OC(c3ccccc3)OCC2O[C@@H]1Sc1cncc(C#N)c1. The lowest BCUT2D eigenvalue weighted by Gasteiger charge is -2.48. The number of rotatable bonds is 4. The minimum Gasteiger partial charge on any atom is -0.377 e. The Balaban J connectivity index is 1.50. The average Bonchev–Trinajstić information content (AvgIpc) is 2.74. The second-order valence-electron chi connectivity index (χ2n) is 6.92. The van der Waals surface area contributed by atoms with Gasteiger partial charge in [0.1, 0.15) is 17.6 Å². The fraction of sp³-hybridized carbons (Fsp3) is 0.429. The summed E-state index contributed by atoms with van der Waals surface area (Å²) in [5.74, 6) is 0.114. The molecule has 2 aliphatic heterocycles. The molecular formula is C21H22N2O4S. The van der Waals surface area contributed by atoms with Crippen LogP contribution in [0.2, 0.25) is 0 Å². The standard InChI is InChI=1S/C21H22N2O4S/c1-13-18-17(12-25-20(27-18)15-6-4-3-5-7-15)26-21(19(13)24-2)28-16-8-14(9-22)10-23-11-16/h3-8,10-11,13,17-21H,12H2,1-2H3/t13?,17?,18-,19?,20?,21-/m1/s1. The van der Waals surface area contributed by atoms with Gasteiger partial charge in [-0.15, -0.1) is 0 Å². The Kier molecular flexibility index (Phi) is 5.95. The summed E-state index contributed by atoms with van der Waals surface area (Å²) in [6.07, 6.45) is 2.43. The molecule has 2 fully saturated rings. The van der Waals surface area contributed by atoms with Gasteiger partial charge in [-0.3, -0.25) is 4.98 Å². The Morgan fingerprint density at radius 3 is 2.79 bits per heavy atom.